The Hall–Kier alpha value is 1.71. The molecule has 5 atom stereocenters. The van der Waals surface area contributed by atoms with E-state index in [9.17, 15) is 9.59 Å². The van der Waals surface area contributed by atoms with Gasteiger partial charge in [-0.15, -0.1) is 5.54 Å². The van der Waals surface area contributed by atoms with Gasteiger partial charge in [0.25, 0.3) is 5.97 Å². The quantitative estimate of drug-likeness (QED) is 0.399. The van der Waals surface area contributed by atoms with Gasteiger partial charge in [0, 0.05) is 32.7 Å². The summed E-state index contributed by atoms with van der Waals surface area (Å²) in [5, 5.41) is 10.7. The van der Waals surface area contributed by atoms with Crippen LogP contribution in [0.25, 0.3) is 0 Å². The van der Waals surface area contributed by atoms with Crippen LogP contribution in [0.1, 0.15) is 27.2 Å². The van der Waals surface area contributed by atoms with Gasteiger partial charge in [0.1, 0.15) is 0 Å². The Bertz CT molecular complexity index is 312. The topological polar surface area (TPSA) is 69.6 Å². The monoisotopic (exact) mass is 564 g/mol. The van der Waals surface area contributed by atoms with Crippen molar-refractivity contribution in [3.8, 4) is 0 Å². The van der Waals surface area contributed by atoms with E-state index in [4.69, 9.17) is 5.11 Å². The van der Waals surface area contributed by atoms with E-state index < -0.39 is 17.0 Å². The fraction of sp³-hybridized carbons (Fsp3) is 0.636. The molecule has 0 aromatic carbocycles. The van der Waals surface area contributed by atoms with Crippen LogP contribution in [0.3, 0.4) is 0 Å². The van der Waals surface area contributed by atoms with Gasteiger partial charge in [-0.3, -0.25) is 11.3 Å². The Morgan fingerprint density at radius 3 is 2.25 bits per heavy atom. The molecule has 1 aliphatic rings. The Morgan fingerprint density at radius 2 is 2.15 bits per heavy atom. The molecule has 0 aliphatic carbocycles. The number of carboxylic acids is 1. The predicted molar refractivity (Wildman–Crippen MR) is 78.0 cm³/mol. The van der Waals surface area contributed by atoms with Crippen LogP contribution in [0, 0.1) is 19.4 Å². The van der Waals surface area contributed by atoms with E-state index in [-0.39, 0.29) is 53.8 Å². The molecule has 5 unspecified atom stereocenters. The number of nitrogens with zero attached hydrogens (tertiary/aromatic N) is 1. The molecule has 113 valence electrons. The molecule has 1 fully saturated rings. The van der Waals surface area contributed by atoms with Crippen molar-refractivity contribution < 1.29 is 68.5 Å². The molecule has 1 aliphatic heterocycles. The number of carboxylic acid groups (broad SMARTS) is 1. The van der Waals surface area contributed by atoms with Gasteiger partial charge in [-0.25, -0.2) is 6.29 Å². The Balaban J connectivity index is -0.000000269. The molecule has 20 heavy (non-hydrogen) atoms. The summed E-state index contributed by atoms with van der Waals surface area (Å²) >= 11 is 0. The molecule has 0 aromatic heterocycles. The summed E-state index contributed by atoms with van der Waals surface area (Å²) in [5.74, 6) is -0.588. The van der Waals surface area contributed by atoms with E-state index in [1.54, 1.807) is 0 Å². The summed E-state index contributed by atoms with van der Waals surface area (Å²) < 4.78 is 1.87. The second kappa shape index (κ2) is 11.3. The summed E-state index contributed by atoms with van der Waals surface area (Å²) in [6.07, 6.45) is 3.03. The van der Waals surface area contributed by atoms with E-state index in [1.807, 2.05) is 18.1 Å². The second-order valence-corrected chi connectivity index (χ2v) is 5.60. The molecule has 5 nitrogen and oxygen atoms in total. The summed E-state index contributed by atoms with van der Waals surface area (Å²) in [4.78, 5) is 20.7. The third kappa shape index (κ3) is 7.32. The number of carbonyl (C=O) groups excluding carboxylic acids is 1. The SMILES string of the molecule is CC1C[CH-]N(P)C1(C)[C-]=O.[CH2-]C(C)(NP)C(=O)O.[W+2].[Y]. The molecule has 0 spiro atoms. The first-order chi connectivity index (χ1) is 8.11. The maximum absolute atomic E-state index is 10.5. The molecular formula is C11H21N2O3P2WY-. The Labute approximate surface area is 165 Å². The number of hydrogen-bond acceptors (Lipinski definition) is 4. The molecular weight excluding hydrogens is 543 g/mol. The molecule has 0 saturated carbocycles. The normalized spacial score (nSPS) is 28.0. The zero-order valence-electron chi connectivity index (χ0n) is 11.9. The minimum atomic E-state index is -1.08. The maximum atomic E-state index is 10.5. The van der Waals surface area contributed by atoms with Gasteiger partial charge in [-0.1, -0.05) is 45.5 Å². The van der Waals surface area contributed by atoms with Crippen LogP contribution < -0.4 is 5.09 Å². The zero-order chi connectivity index (χ0) is 14.6. The Kier molecular flexibility index (Phi) is 15.0. The van der Waals surface area contributed by atoms with Crippen LogP contribution in [0.2, 0.25) is 0 Å². The predicted octanol–water partition coefficient (Wildman–Crippen LogP) is 1.19. The molecule has 1 rings (SSSR count). The van der Waals surface area contributed by atoms with E-state index in [1.165, 1.54) is 6.92 Å². The molecule has 9 heteroatoms. The van der Waals surface area contributed by atoms with Crippen LogP contribution in [-0.2, 0) is 63.4 Å². The van der Waals surface area contributed by atoms with E-state index in [2.05, 4.69) is 44.0 Å². The van der Waals surface area contributed by atoms with Gasteiger partial charge in [0.2, 0.25) is 0 Å². The molecule has 1 saturated heterocycles. The van der Waals surface area contributed by atoms with Gasteiger partial charge >= 0.3 is 21.1 Å². The van der Waals surface area contributed by atoms with Gasteiger partial charge in [0.05, 0.1) is 0 Å². The van der Waals surface area contributed by atoms with Gasteiger partial charge in [-0.2, -0.15) is 6.42 Å². The zero-order valence-corrected chi connectivity index (χ0v) is 20.0. The maximum Gasteiger partial charge on any atom is 2.00 e. The molecule has 0 amide bonds. The molecule has 0 bridgehead atoms. The average molecular weight is 564 g/mol. The Morgan fingerprint density at radius 1 is 1.70 bits per heavy atom. The first-order valence-electron chi connectivity index (χ1n) is 5.45. The third-order valence-electron chi connectivity index (χ3n) is 3.15. The molecule has 2 N–H and O–H groups in total. The van der Waals surface area contributed by atoms with Crippen molar-refractivity contribution in [2.75, 3.05) is 0 Å². The largest absolute Gasteiger partial charge is 2.00 e. The summed E-state index contributed by atoms with van der Waals surface area (Å²) in [5.41, 5.74) is -1.49. The number of hydrogen-bond donors (Lipinski definition) is 2. The van der Waals surface area contributed by atoms with Crippen molar-refractivity contribution in [1.82, 2.24) is 9.76 Å². The van der Waals surface area contributed by atoms with E-state index in [0.29, 0.717) is 5.92 Å². The van der Waals surface area contributed by atoms with Crippen molar-refractivity contribution in [2.24, 2.45) is 5.92 Å². The fourth-order valence-electron chi connectivity index (χ4n) is 1.16. The third-order valence-corrected chi connectivity index (χ3v) is 4.53. The van der Waals surface area contributed by atoms with Crippen molar-refractivity contribution >= 4 is 31.0 Å². The number of nitrogens with one attached hydrogen (secondary N) is 1. The summed E-state index contributed by atoms with van der Waals surface area (Å²) in [6.45, 7) is 10.8. The van der Waals surface area contributed by atoms with E-state index in [0.717, 1.165) is 6.42 Å². The fourth-order valence-corrected chi connectivity index (χ4v) is 1.71. The molecule has 1 heterocycles. The minimum absolute atomic E-state index is 0. The van der Waals surface area contributed by atoms with Gasteiger partial charge in [-0.05, 0) is 5.54 Å². The number of rotatable bonds is 3. The smallest absolute Gasteiger partial charge is 0.540 e. The van der Waals surface area contributed by atoms with E-state index >= 15 is 0 Å². The van der Waals surface area contributed by atoms with Crippen molar-refractivity contribution in [3.63, 3.8) is 0 Å². The average Bonchev–Trinajstić information content (AvgIpc) is 2.58. The van der Waals surface area contributed by atoms with Crippen LogP contribution >= 0.6 is 18.8 Å². The molecule has 0 aromatic rings. The van der Waals surface area contributed by atoms with Crippen LogP contribution in [0.15, 0.2) is 0 Å². The first kappa shape index (κ1) is 26.6. The van der Waals surface area contributed by atoms with Crippen molar-refractivity contribution in [3.05, 3.63) is 13.5 Å². The van der Waals surface area contributed by atoms with Crippen molar-refractivity contribution in [2.45, 2.75) is 38.3 Å². The molecule has 1 radical (unpaired) electrons. The van der Waals surface area contributed by atoms with Gasteiger partial charge < -0.3 is 26.6 Å². The number of aliphatic carboxylic acids is 1. The van der Waals surface area contributed by atoms with Crippen LogP contribution in [-0.4, -0.2) is 33.1 Å². The van der Waals surface area contributed by atoms with Crippen molar-refractivity contribution in [1.29, 1.82) is 0 Å². The van der Waals surface area contributed by atoms with Crippen LogP contribution in [0.5, 0.6) is 0 Å². The minimum Gasteiger partial charge on any atom is -0.540 e. The first-order valence-corrected chi connectivity index (χ1v) is 6.54. The standard InChI is InChI=1S/C7H12NOP.C4H9NO2P.W.Y/c1-6-3-4-8(10)7(6,2)5-9;1-4(2,5-8)3(6)7;;/h4,6H,3,10H2,1-2H3;5H,1,8H2,2H3,(H,6,7);;/q-2;-1;+2;. The van der Waals surface area contributed by atoms with Gasteiger partial charge in [0.15, 0.2) is 0 Å². The van der Waals surface area contributed by atoms with Crippen LogP contribution in [0.4, 0.5) is 0 Å². The number of carbonyl (C=O) groups is 1. The summed E-state index contributed by atoms with van der Waals surface area (Å²) in [6, 6.07) is 0. The summed E-state index contributed by atoms with van der Waals surface area (Å²) in [7, 11) is 4.63. The second-order valence-electron chi connectivity index (χ2n) is 4.76.